The Balaban J connectivity index is 2.11. The summed E-state index contributed by atoms with van der Waals surface area (Å²) in [5.41, 5.74) is 2.19. The van der Waals surface area contributed by atoms with E-state index in [0.29, 0.717) is 18.8 Å². The standard InChI is InChI=1S/C17H25N3O3S/c1-4-8-19(9-5-2)16(21)13-24(22,23)12-15-11-20-10-6-7-14(3)17(20)18-15/h6-7,10-11H,4-5,8-9,12-13H2,1-3H3. The van der Waals surface area contributed by atoms with Gasteiger partial charge in [0, 0.05) is 25.5 Å². The fourth-order valence-electron chi connectivity index (χ4n) is 2.73. The van der Waals surface area contributed by atoms with Gasteiger partial charge < -0.3 is 9.30 Å². The first-order chi connectivity index (χ1) is 11.4. The molecule has 0 unspecified atom stereocenters. The van der Waals surface area contributed by atoms with Crippen LogP contribution in [-0.4, -0.2) is 47.5 Å². The van der Waals surface area contributed by atoms with Gasteiger partial charge in [0.05, 0.1) is 11.4 Å². The summed E-state index contributed by atoms with van der Waals surface area (Å²) in [5.74, 6) is -0.995. The summed E-state index contributed by atoms with van der Waals surface area (Å²) in [6.07, 6.45) is 5.18. The minimum atomic E-state index is -3.54. The molecule has 2 aromatic heterocycles. The van der Waals surface area contributed by atoms with Gasteiger partial charge in [0.1, 0.15) is 11.4 Å². The van der Waals surface area contributed by atoms with E-state index in [1.807, 2.05) is 43.5 Å². The highest BCUT2D eigenvalue weighted by molar-refractivity contribution is 7.91. The lowest BCUT2D eigenvalue weighted by molar-refractivity contribution is -0.128. The van der Waals surface area contributed by atoms with E-state index in [-0.39, 0.29) is 11.7 Å². The van der Waals surface area contributed by atoms with Gasteiger partial charge in [-0.15, -0.1) is 0 Å². The number of carbonyl (C=O) groups is 1. The first-order valence-electron chi connectivity index (χ1n) is 8.27. The van der Waals surface area contributed by atoms with Crippen LogP contribution in [0.1, 0.15) is 37.9 Å². The van der Waals surface area contributed by atoms with Crippen LogP contribution in [0.2, 0.25) is 0 Å². The van der Waals surface area contributed by atoms with Crippen LogP contribution in [0.3, 0.4) is 0 Å². The molecule has 24 heavy (non-hydrogen) atoms. The van der Waals surface area contributed by atoms with Gasteiger partial charge in [0.2, 0.25) is 5.91 Å². The monoisotopic (exact) mass is 351 g/mol. The third kappa shape index (κ3) is 4.56. The SMILES string of the molecule is CCCN(CCC)C(=O)CS(=O)(=O)Cc1cn2cccc(C)c2n1. The largest absolute Gasteiger partial charge is 0.342 e. The summed E-state index contributed by atoms with van der Waals surface area (Å²) in [6.45, 7) is 7.07. The molecule has 2 aromatic rings. The Morgan fingerprint density at radius 2 is 1.92 bits per heavy atom. The molecule has 0 aliphatic rings. The lowest BCUT2D eigenvalue weighted by Crippen LogP contribution is -2.37. The maximum atomic E-state index is 12.4. The Bertz CT molecular complexity index is 806. The number of imidazole rings is 1. The number of nitrogens with zero attached hydrogens (tertiary/aromatic N) is 3. The average Bonchev–Trinajstić information content (AvgIpc) is 2.89. The van der Waals surface area contributed by atoms with E-state index >= 15 is 0 Å². The molecule has 0 N–H and O–H groups in total. The zero-order valence-corrected chi connectivity index (χ0v) is 15.3. The van der Waals surface area contributed by atoms with Crippen LogP contribution in [0.5, 0.6) is 0 Å². The second-order valence-electron chi connectivity index (χ2n) is 6.07. The number of carbonyl (C=O) groups excluding carboxylic acids is 1. The van der Waals surface area contributed by atoms with Crippen molar-refractivity contribution in [2.75, 3.05) is 18.8 Å². The summed E-state index contributed by atoms with van der Waals surface area (Å²) in [5, 5.41) is 0. The first kappa shape index (κ1) is 18.4. The molecular weight excluding hydrogens is 326 g/mol. The lowest BCUT2D eigenvalue weighted by atomic mass is 10.3. The molecule has 1 amide bonds. The van der Waals surface area contributed by atoms with E-state index in [9.17, 15) is 13.2 Å². The molecule has 0 saturated heterocycles. The topological polar surface area (TPSA) is 71.8 Å². The van der Waals surface area contributed by atoms with Crippen molar-refractivity contribution in [3.05, 3.63) is 35.8 Å². The Labute approximate surface area is 143 Å². The van der Waals surface area contributed by atoms with Crippen molar-refractivity contribution in [1.29, 1.82) is 0 Å². The van der Waals surface area contributed by atoms with Gasteiger partial charge in [-0.3, -0.25) is 4.79 Å². The van der Waals surface area contributed by atoms with Crippen LogP contribution in [0.15, 0.2) is 24.5 Å². The highest BCUT2D eigenvalue weighted by Gasteiger charge is 2.22. The molecule has 0 spiro atoms. The summed E-state index contributed by atoms with van der Waals surface area (Å²) in [7, 11) is -3.54. The van der Waals surface area contributed by atoms with Crippen molar-refractivity contribution in [2.24, 2.45) is 0 Å². The maximum absolute atomic E-state index is 12.4. The van der Waals surface area contributed by atoms with Gasteiger partial charge in [-0.25, -0.2) is 13.4 Å². The molecule has 0 bridgehead atoms. The molecule has 0 aliphatic carbocycles. The van der Waals surface area contributed by atoms with Crippen molar-refractivity contribution >= 4 is 21.4 Å². The lowest BCUT2D eigenvalue weighted by Gasteiger charge is -2.21. The predicted octanol–water partition coefficient (Wildman–Crippen LogP) is 2.21. The summed E-state index contributed by atoms with van der Waals surface area (Å²) < 4.78 is 26.6. The van der Waals surface area contributed by atoms with E-state index in [2.05, 4.69) is 4.98 Å². The number of pyridine rings is 1. The summed E-state index contributed by atoms with van der Waals surface area (Å²) in [6, 6.07) is 3.82. The third-order valence-corrected chi connectivity index (χ3v) is 5.20. The molecular formula is C17H25N3O3S. The zero-order valence-electron chi connectivity index (χ0n) is 14.5. The molecule has 132 valence electrons. The van der Waals surface area contributed by atoms with E-state index in [0.717, 1.165) is 24.1 Å². The van der Waals surface area contributed by atoms with Gasteiger partial charge in [-0.1, -0.05) is 19.9 Å². The van der Waals surface area contributed by atoms with Crippen molar-refractivity contribution in [3.8, 4) is 0 Å². The number of hydrogen-bond acceptors (Lipinski definition) is 4. The molecule has 0 radical (unpaired) electrons. The van der Waals surface area contributed by atoms with Crippen LogP contribution >= 0.6 is 0 Å². The van der Waals surface area contributed by atoms with Crippen LogP contribution < -0.4 is 0 Å². The van der Waals surface area contributed by atoms with Crippen LogP contribution in [-0.2, 0) is 20.4 Å². The van der Waals surface area contributed by atoms with Crippen LogP contribution in [0.25, 0.3) is 5.65 Å². The van der Waals surface area contributed by atoms with E-state index in [1.165, 1.54) is 0 Å². The number of hydrogen-bond donors (Lipinski definition) is 0. The van der Waals surface area contributed by atoms with Gasteiger partial charge in [0.15, 0.2) is 9.84 Å². The molecule has 0 saturated carbocycles. The van der Waals surface area contributed by atoms with Gasteiger partial charge >= 0.3 is 0 Å². The molecule has 2 heterocycles. The minimum absolute atomic E-state index is 0.216. The van der Waals surface area contributed by atoms with Gasteiger partial charge in [-0.05, 0) is 31.4 Å². The molecule has 7 heteroatoms. The Morgan fingerprint density at radius 1 is 1.25 bits per heavy atom. The highest BCUT2D eigenvalue weighted by Crippen LogP contribution is 2.13. The van der Waals surface area contributed by atoms with Crippen molar-refractivity contribution in [3.63, 3.8) is 0 Å². The molecule has 0 aromatic carbocycles. The fourth-order valence-corrected chi connectivity index (χ4v) is 3.98. The second kappa shape index (κ2) is 7.79. The summed E-state index contributed by atoms with van der Waals surface area (Å²) >= 11 is 0. The number of aryl methyl sites for hydroxylation is 1. The molecule has 2 rings (SSSR count). The highest BCUT2D eigenvalue weighted by atomic mass is 32.2. The number of amides is 1. The molecule has 0 atom stereocenters. The van der Waals surface area contributed by atoms with Gasteiger partial charge in [0.25, 0.3) is 0 Å². The Morgan fingerprint density at radius 3 is 2.50 bits per heavy atom. The quantitative estimate of drug-likeness (QED) is 0.731. The number of aromatic nitrogens is 2. The van der Waals surface area contributed by atoms with Crippen LogP contribution in [0, 0.1) is 6.92 Å². The molecule has 0 aliphatic heterocycles. The van der Waals surface area contributed by atoms with Crippen molar-refractivity contribution < 1.29 is 13.2 Å². The third-order valence-electron chi connectivity index (χ3n) is 3.78. The zero-order chi connectivity index (χ0) is 17.7. The Hall–Kier alpha value is -1.89. The van der Waals surface area contributed by atoms with E-state index in [1.54, 1.807) is 11.1 Å². The van der Waals surface area contributed by atoms with Crippen LogP contribution in [0.4, 0.5) is 0 Å². The normalized spacial score (nSPS) is 11.8. The number of rotatable bonds is 8. The first-order valence-corrected chi connectivity index (χ1v) is 10.1. The maximum Gasteiger partial charge on any atom is 0.237 e. The smallest absolute Gasteiger partial charge is 0.237 e. The predicted molar refractivity (Wildman–Crippen MR) is 94.6 cm³/mol. The summed E-state index contributed by atoms with van der Waals surface area (Å²) in [4.78, 5) is 18.3. The van der Waals surface area contributed by atoms with E-state index < -0.39 is 15.6 Å². The molecule has 6 nitrogen and oxygen atoms in total. The second-order valence-corrected chi connectivity index (χ2v) is 8.13. The number of sulfone groups is 1. The van der Waals surface area contributed by atoms with Crippen molar-refractivity contribution in [2.45, 2.75) is 39.4 Å². The Kier molecular flexibility index (Phi) is 5.99. The average molecular weight is 351 g/mol. The minimum Gasteiger partial charge on any atom is -0.342 e. The van der Waals surface area contributed by atoms with Gasteiger partial charge in [-0.2, -0.15) is 0 Å². The number of fused-ring (bicyclic) bond motifs is 1. The van der Waals surface area contributed by atoms with E-state index in [4.69, 9.17) is 0 Å². The molecule has 0 fully saturated rings. The van der Waals surface area contributed by atoms with Crippen molar-refractivity contribution in [1.82, 2.24) is 14.3 Å². The fraction of sp³-hybridized carbons (Fsp3) is 0.529.